The van der Waals surface area contributed by atoms with E-state index in [0.29, 0.717) is 23.1 Å². The van der Waals surface area contributed by atoms with E-state index >= 15 is 0 Å². The SMILES string of the molecule is CC(C)Cc1ccc(C(=O)N2CSCC2C(=O)NC(C)(C)C)cc1. The molecule has 4 nitrogen and oxygen atoms in total. The minimum absolute atomic E-state index is 0.0647. The number of nitrogens with one attached hydrogen (secondary N) is 1. The van der Waals surface area contributed by atoms with E-state index in [1.54, 1.807) is 16.7 Å². The lowest BCUT2D eigenvalue weighted by molar-refractivity contribution is -0.125. The second kappa shape index (κ2) is 7.60. The molecular weight excluding hydrogens is 320 g/mol. The van der Waals surface area contributed by atoms with Crippen LogP contribution in [0.4, 0.5) is 0 Å². The van der Waals surface area contributed by atoms with Gasteiger partial charge in [-0.15, -0.1) is 11.8 Å². The van der Waals surface area contributed by atoms with Crippen molar-refractivity contribution in [3.8, 4) is 0 Å². The van der Waals surface area contributed by atoms with E-state index in [1.165, 1.54) is 5.56 Å². The summed E-state index contributed by atoms with van der Waals surface area (Å²) in [6.45, 7) is 10.2. The van der Waals surface area contributed by atoms with Gasteiger partial charge < -0.3 is 10.2 Å². The van der Waals surface area contributed by atoms with Gasteiger partial charge in [0.1, 0.15) is 6.04 Å². The minimum atomic E-state index is -0.392. The van der Waals surface area contributed by atoms with Gasteiger partial charge in [0, 0.05) is 16.9 Å². The molecule has 24 heavy (non-hydrogen) atoms. The fourth-order valence-electron chi connectivity index (χ4n) is 2.73. The van der Waals surface area contributed by atoms with Crippen molar-refractivity contribution < 1.29 is 9.59 Å². The predicted octanol–water partition coefficient (Wildman–Crippen LogP) is 3.31. The van der Waals surface area contributed by atoms with E-state index < -0.39 is 6.04 Å². The quantitative estimate of drug-likeness (QED) is 0.908. The maximum Gasteiger partial charge on any atom is 0.255 e. The summed E-state index contributed by atoms with van der Waals surface area (Å²) in [5, 5.41) is 2.98. The van der Waals surface area contributed by atoms with Crippen LogP contribution >= 0.6 is 11.8 Å². The normalized spacial score (nSPS) is 18.1. The van der Waals surface area contributed by atoms with Crippen LogP contribution < -0.4 is 5.32 Å². The maximum atomic E-state index is 12.8. The van der Waals surface area contributed by atoms with E-state index in [2.05, 4.69) is 19.2 Å². The molecule has 1 unspecified atom stereocenters. The van der Waals surface area contributed by atoms with Crippen LogP contribution in [0.2, 0.25) is 0 Å². The van der Waals surface area contributed by atoms with Gasteiger partial charge in [-0.1, -0.05) is 26.0 Å². The molecule has 0 aromatic heterocycles. The first-order chi connectivity index (χ1) is 11.2. The lowest BCUT2D eigenvalue weighted by Gasteiger charge is -2.27. The highest BCUT2D eigenvalue weighted by Crippen LogP contribution is 2.24. The summed E-state index contributed by atoms with van der Waals surface area (Å²) in [4.78, 5) is 26.9. The molecule has 0 radical (unpaired) electrons. The summed E-state index contributed by atoms with van der Waals surface area (Å²) < 4.78 is 0. The number of carbonyl (C=O) groups excluding carboxylic acids is 2. The number of hydrogen-bond acceptors (Lipinski definition) is 3. The van der Waals surface area contributed by atoms with Gasteiger partial charge >= 0.3 is 0 Å². The molecule has 0 spiro atoms. The van der Waals surface area contributed by atoms with Gasteiger partial charge in [-0.2, -0.15) is 0 Å². The maximum absolute atomic E-state index is 12.8. The number of thioether (sulfide) groups is 1. The fraction of sp³-hybridized carbons (Fsp3) is 0.579. The summed E-state index contributed by atoms with van der Waals surface area (Å²) in [5.74, 6) is 1.67. The molecule has 0 aliphatic carbocycles. The van der Waals surface area contributed by atoms with Crippen molar-refractivity contribution in [1.82, 2.24) is 10.2 Å². The highest BCUT2D eigenvalue weighted by molar-refractivity contribution is 7.99. The van der Waals surface area contributed by atoms with E-state index in [9.17, 15) is 9.59 Å². The van der Waals surface area contributed by atoms with Crippen LogP contribution in [0.25, 0.3) is 0 Å². The molecule has 132 valence electrons. The van der Waals surface area contributed by atoms with Crippen molar-refractivity contribution in [1.29, 1.82) is 0 Å². The Morgan fingerprint density at radius 3 is 2.42 bits per heavy atom. The molecule has 1 fully saturated rings. The Kier molecular flexibility index (Phi) is 5.97. The largest absolute Gasteiger partial charge is 0.350 e. The average Bonchev–Trinajstić information content (AvgIpc) is 2.94. The zero-order chi connectivity index (χ0) is 17.9. The van der Waals surface area contributed by atoms with Crippen LogP contribution in [-0.4, -0.2) is 39.9 Å². The van der Waals surface area contributed by atoms with E-state index in [4.69, 9.17) is 0 Å². The number of hydrogen-bond donors (Lipinski definition) is 1. The number of amides is 2. The fourth-order valence-corrected chi connectivity index (χ4v) is 3.89. The van der Waals surface area contributed by atoms with Gasteiger partial charge in [0.25, 0.3) is 5.91 Å². The summed E-state index contributed by atoms with van der Waals surface area (Å²) in [6, 6.07) is 7.39. The van der Waals surface area contributed by atoms with Crippen molar-refractivity contribution in [2.75, 3.05) is 11.6 Å². The van der Waals surface area contributed by atoms with Crippen molar-refractivity contribution in [3.63, 3.8) is 0 Å². The molecule has 1 saturated heterocycles. The van der Waals surface area contributed by atoms with E-state index in [-0.39, 0.29) is 17.4 Å². The van der Waals surface area contributed by atoms with Gasteiger partial charge in [0.05, 0.1) is 5.88 Å². The van der Waals surface area contributed by atoms with Crippen LogP contribution in [0.5, 0.6) is 0 Å². The standard InChI is InChI=1S/C19H28N2O2S/c1-13(2)10-14-6-8-15(9-7-14)18(23)21-12-24-11-16(21)17(22)20-19(3,4)5/h6-9,13,16H,10-12H2,1-5H3,(H,20,22). The third-order valence-corrected chi connectivity index (χ3v) is 4.80. The Bertz CT molecular complexity index is 590. The third-order valence-electron chi connectivity index (χ3n) is 3.79. The highest BCUT2D eigenvalue weighted by Gasteiger charge is 2.36. The summed E-state index contributed by atoms with van der Waals surface area (Å²) >= 11 is 1.62. The Hall–Kier alpha value is -1.49. The van der Waals surface area contributed by atoms with Crippen molar-refractivity contribution in [2.24, 2.45) is 5.92 Å². The molecule has 1 aromatic rings. The summed E-state index contributed by atoms with van der Waals surface area (Å²) in [5.41, 5.74) is 1.59. The molecule has 1 aliphatic rings. The van der Waals surface area contributed by atoms with Gasteiger partial charge in [0.15, 0.2) is 0 Å². The summed E-state index contributed by atoms with van der Waals surface area (Å²) in [6.07, 6.45) is 1.00. The Morgan fingerprint density at radius 1 is 1.25 bits per heavy atom. The molecule has 5 heteroatoms. The molecule has 0 bridgehead atoms. The number of rotatable bonds is 4. The highest BCUT2D eigenvalue weighted by atomic mass is 32.2. The smallest absolute Gasteiger partial charge is 0.255 e. The first-order valence-electron chi connectivity index (χ1n) is 8.47. The zero-order valence-electron chi connectivity index (χ0n) is 15.3. The number of benzene rings is 1. The molecule has 1 aromatic carbocycles. The van der Waals surface area contributed by atoms with Gasteiger partial charge in [-0.3, -0.25) is 9.59 Å². The van der Waals surface area contributed by atoms with Crippen LogP contribution in [0.15, 0.2) is 24.3 Å². The van der Waals surface area contributed by atoms with E-state index in [0.717, 1.165) is 6.42 Å². The van der Waals surface area contributed by atoms with Gasteiger partial charge in [-0.25, -0.2) is 0 Å². The van der Waals surface area contributed by atoms with Gasteiger partial charge in [-0.05, 0) is 50.8 Å². The predicted molar refractivity (Wildman–Crippen MR) is 100 cm³/mol. The van der Waals surface area contributed by atoms with Crippen LogP contribution in [0.3, 0.4) is 0 Å². The van der Waals surface area contributed by atoms with Crippen LogP contribution in [-0.2, 0) is 11.2 Å². The van der Waals surface area contributed by atoms with Crippen molar-refractivity contribution in [3.05, 3.63) is 35.4 Å². The average molecular weight is 349 g/mol. The van der Waals surface area contributed by atoms with Crippen LogP contribution in [0.1, 0.15) is 50.5 Å². The molecule has 2 amide bonds. The molecule has 1 atom stereocenters. The molecule has 1 aliphatic heterocycles. The topological polar surface area (TPSA) is 49.4 Å². The van der Waals surface area contributed by atoms with Gasteiger partial charge in [0.2, 0.25) is 5.91 Å². The first kappa shape index (κ1) is 18.8. The minimum Gasteiger partial charge on any atom is -0.350 e. The molecule has 0 saturated carbocycles. The Labute approximate surface area is 149 Å². The lowest BCUT2D eigenvalue weighted by atomic mass is 10.0. The zero-order valence-corrected chi connectivity index (χ0v) is 16.1. The Morgan fingerprint density at radius 2 is 1.88 bits per heavy atom. The second-order valence-corrected chi connectivity index (χ2v) is 8.82. The van der Waals surface area contributed by atoms with Crippen LogP contribution in [0, 0.1) is 5.92 Å². The van der Waals surface area contributed by atoms with E-state index in [1.807, 2.05) is 45.0 Å². The molecule has 2 rings (SSSR count). The lowest BCUT2D eigenvalue weighted by Crippen LogP contribution is -2.52. The Balaban J connectivity index is 2.09. The number of carbonyl (C=O) groups is 2. The number of nitrogens with zero attached hydrogens (tertiary/aromatic N) is 1. The van der Waals surface area contributed by atoms with Crippen molar-refractivity contribution in [2.45, 2.75) is 52.6 Å². The second-order valence-electron chi connectivity index (χ2n) is 7.82. The molecule has 1 heterocycles. The summed E-state index contributed by atoms with van der Waals surface area (Å²) in [7, 11) is 0. The molecule has 1 N–H and O–H groups in total. The van der Waals surface area contributed by atoms with Crippen molar-refractivity contribution >= 4 is 23.6 Å². The molecular formula is C19H28N2O2S. The first-order valence-corrected chi connectivity index (χ1v) is 9.62. The monoisotopic (exact) mass is 348 g/mol. The third kappa shape index (κ3) is 5.00.